The summed E-state index contributed by atoms with van der Waals surface area (Å²) in [6, 6.07) is 1.82. The molecule has 4 nitrogen and oxygen atoms in total. The zero-order valence-electron chi connectivity index (χ0n) is 7.37. The zero-order chi connectivity index (χ0) is 9.97. The highest BCUT2D eigenvalue weighted by atomic mass is 79.9. The van der Waals surface area contributed by atoms with Crippen LogP contribution < -0.4 is 5.73 Å². The van der Waals surface area contributed by atoms with Gasteiger partial charge in [0.05, 0.1) is 18.0 Å². The number of hydrogen-bond donors (Lipinski definition) is 1. The van der Waals surface area contributed by atoms with Gasteiger partial charge in [0.25, 0.3) is 0 Å². The van der Waals surface area contributed by atoms with E-state index >= 15 is 0 Å². The van der Waals surface area contributed by atoms with E-state index in [4.69, 9.17) is 14.6 Å². The molecule has 14 heavy (non-hydrogen) atoms. The number of oxazole rings is 1. The van der Waals surface area contributed by atoms with Crippen LogP contribution in [0.5, 0.6) is 0 Å². The fourth-order valence-corrected chi connectivity index (χ4v) is 1.58. The number of rotatable bonds is 3. The van der Waals surface area contributed by atoms with Crippen LogP contribution in [0.15, 0.2) is 32.0 Å². The molecule has 0 spiro atoms. The lowest BCUT2D eigenvalue weighted by Crippen LogP contribution is -2.02. The molecule has 0 saturated heterocycles. The van der Waals surface area contributed by atoms with Crippen LogP contribution in [0.4, 0.5) is 0 Å². The molecule has 0 aromatic carbocycles. The largest absolute Gasteiger partial charge is 0.457 e. The summed E-state index contributed by atoms with van der Waals surface area (Å²) in [6.07, 6.45) is 3.90. The second-order valence-corrected chi connectivity index (χ2v) is 3.49. The Morgan fingerprint density at radius 2 is 2.36 bits per heavy atom. The highest BCUT2D eigenvalue weighted by molar-refractivity contribution is 9.10. The molecule has 0 bridgehead atoms. The average Bonchev–Trinajstić information content (AvgIpc) is 2.74. The molecule has 2 rings (SSSR count). The lowest BCUT2D eigenvalue weighted by Gasteiger charge is -1.91. The van der Waals surface area contributed by atoms with Gasteiger partial charge in [0.15, 0.2) is 16.3 Å². The molecule has 0 saturated carbocycles. The van der Waals surface area contributed by atoms with Gasteiger partial charge >= 0.3 is 0 Å². The molecule has 2 aromatic heterocycles. The van der Waals surface area contributed by atoms with Crippen LogP contribution in [0.1, 0.15) is 5.89 Å². The van der Waals surface area contributed by atoms with E-state index < -0.39 is 0 Å². The first-order valence-electron chi connectivity index (χ1n) is 4.19. The lowest BCUT2D eigenvalue weighted by atomic mass is 10.3. The Bertz CT molecular complexity index is 422. The quantitative estimate of drug-likeness (QED) is 0.915. The molecule has 0 aliphatic rings. The van der Waals surface area contributed by atoms with Crippen LogP contribution in [0.25, 0.3) is 11.3 Å². The molecular formula is C9H9BrN2O2. The van der Waals surface area contributed by atoms with Gasteiger partial charge < -0.3 is 14.6 Å². The summed E-state index contributed by atoms with van der Waals surface area (Å²) in [5, 5.41) is 0. The van der Waals surface area contributed by atoms with E-state index in [1.54, 1.807) is 12.5 Å². The van der Waals surface area contributed by atoms with Crippen molar-refractivity contribution in [3.8, 4) is 11.3 Å². The van der Waals surface area contributed by atoms with Crippen LogP contribution in [0.3, 0.4) is 0 Å². The fourth-order valence-electron chi connectivity index (χ4n) is 1.14. The molecule has 2 N–H and O–H groups in total. The van der Waals surface area contributed by atoms with Gasteiger partial charge in [-0.1, -0.05) is 0 Å². The van der Waals surface area contributed by atoms with Crippen molar-refractivity contribution in [2.75, 3.05) is 6.54 Å². The minimum absolute atomic E-state index is 0.534. The fraction of sp³-hybridized carbons (Fsp3) is 0.222. The van der Waals surface area contributed by atoms with E-state index in [9.17, 15) is 0 Å². The van der Waals surface area contributed by atoms with Gasteiger partial charge in [0.1, 0.15) is 0 Å². The van der Waals surface area contributed by atoms with Crippen molar-refractivity contribution >= 4 is 15.9 Å². The van der Waals surface area contributed by atoms with E-state index in [1.807, 2.05) is 6.07 Å². The van der Waals surface area contributed by atoms with Crippen LogP contribution in [0, 0.1) is 0 Å². The molecule has 0 atom stereocenters. The van der Waals surface area contributed by atoms with Crippen molar-refractivity contribution in [1.82, 2.24) is 4.98 Å². The molecule has 0 aliphatic carbocycles. The average molecular weight is 257 g/mol. The van der Waals surface area contributed by atoms with Crippen molar-refractivity contribution in [3.05, 3.63) is 29.1 Å². The smallest absolute Gasteiger partial charge is 0.196 e. The van der Waals surface area contributed by atoms with Gasteiger partial charge in [0.2, 0.25) is 0 Å². The third kappa shape index (κ3) is 1.73. The first kappa shape index (κ1) is 9.48. The molecule has 0 unspecified atom stereocenters. The third-order valence-electron chi connectivity index (χ3n) is 1.80. The van der Waals surface area contributed by atoms with Gasteiger partial charge in [-0.05, 0) is 22.0 Å². The molecule has 74 valence electrons. The standard InChI is InChI=1S/C9H9BrN2O2/c10-9-6(2-4-13-9)7-5-12-8(14-7)1-3-11/h2,4-5H,1,3,11H2. The summed E-state index contributed by atoms with van der Waals surface area (Å²) in [4.78, 5) is 4.09. The summed E-state index contributed by atoms with van der Waals surface area (Å²) in [5.41, 5.74) is 6.25. The number of nitrogens with zero attached hydrogens (tertiary/aromatic N) is 1. The minimum atomic E-state index is 0.534. The highest BCUT2D eigenvalue weighted by Crippen LogP contribution is 2.29. The van der Waals surface area contributed by atoms with Crippen LogP contribution >= 0.6 is 15.9 Å². The van der Waals surface area contributed by atoms with Crippen molar-refractivity contribution < 1.29 is 8.83 Å². The van der Waals surface area contributed by atoms with E-state index in [-0.39, 0.29) is 0 Å². The monoisotopic (exact) mass is 256 g/mol. The Balaban J connectivity index is 2.29. The molecule has 0 radical (unpaired) electrons. The number of hydrogen-bond acceptors (Lipinski definition) is 4. The molecule has 2 heterocycles. The van der Waals surface area contributed by atoms with E-state index in [0.717, 1.165) is 5.56 Å². The summed E-state index contributed by atoms with van der Waals surface area (Å²) in [5.74, 6) is 1.34. The predicted molar refractivity (Wildman–Crippen MR) is 54.7 cm³/mol. The normalized spacial score (nSPS) is 10.7. The molecular weight excluding hydrogens is 248 g/mol. The van der Waals surface area contributed by atoms with E-state index in [2.05, 4.69) is 20.9 Å². The Labute approximate surface area is 89.2 Å². The van der Waals surface area contributed by atoms with Gasteiger partial charge in [-0.25, -0.2) is 4.98 Å². The topological polar surface area (TPSA) is 65.2 Å². The number of nitrogens with two attached hydrogens (primary N) is 1. The second kappa shape index (κ2) is 3.98. The van der Waals surface area contributed by atoms with Crippen LogP contribution in [-0.2, 0) is 6.42 Å². The van der Waals surface area contributed by atoms with Crippen LogP contribution in [-0.4, -0.2) is 11.5 Å². The van der Waals surface area contributed by atoms with Gasteiger partial charge in [-0.15, -0.1) is 0 Å². The third-order valence-corrected chi connectivity index (χ3v) is 2.41. The maximum atomic E-state index is 5.47. The maximum Gasteiger partial charge on any atom is 0.196 e. The summed E-state index contributed by atoms with van der Waals surface area (Å²) in [7, 11) is 0. The zero-order valence-corrected chi connectivity index (χ0v) is 8.95. The highest BCUT2D eigenvalue weighted by Gasteiger charge is 2.11. The number of aromatic nitrogens is 1. The molecule has 0 amide bonds. The van der Waals surface area contributed by atoms with Crippen molar-refractivity contribution in [3.63, 3.8) is 0 Å². The first-order valence-corrected chi connectivity index (χ1v) is 4.98. The number of furan rings is 1. The van der Waals surface area contributed by atoms with Gasteiger partial charge in [-0.3, -0.25) is 0 Å². The van der Waals surface area contributed by atoms with Gasteiger partial charge in [0, 0.05) is 13.0 Å². The molecule has 5 heteroatoms. The Morgan fingerprint density at radius 1 is 1.50 bits per heavy atom. The number of halogens is 1. The lowest BCUT2D eigenvalue weighted by molar-refractivity contribution is 0.503. The molecule has 0 fully saturated rings. The second-order valence-electron chi connectivity index (χ2n) is 2.76. The summed E-state index contributed by atoms with van der Waals surface area (Å²) < 4.78 is 11.2. The van der Waals surface area contributed by atoms with E-state index in [1.165, 1.54) is 0 Å². The predicted octanol–water partition coefficient (Wildman–Crippen LogP) is 2.20. The summed E-state index contributed by atoms with van der Waals surface area (Å²) in [6.45, 7) is 0.534. The van der Waals surface area contributed by atoms with Crippen molar-refractivity contribution in [2.45, 2.75) is 6.42 Å². The Hall–Kier alpha value is -1.07. The first-order chi connectivity index (χ1) is 6.81. The summed E-state index contributed by atoms with van der Waals surface area (Å²) >= 11 is 3.27. The maximum absolute atomic E-state index is 5.47. The minimum Gasteiger partial charge on any atom is -0.457 e. The molecule has 0 aliphatic heterocycles. The van der Waals surface area contributed by atoms with Crippen molar-refractivity contribution in [2.24, 2.45) is 5.73 Å². The van der Waals surface area contributed by atoms with E-state index in [0.29, 0.717) is 29.3 Å². The SMILES string of the molecule is NCCc1ncc(-c2ccoc2Br)o1. The Kier molecular flexibility index (Phi) is 2.69. The van der Waals surface area contributed by atoms with Crippen molar-refractivity contribution in [1.29, 1.82) is 0 Å². The molecule has 2 aromatic rings. The Morgan fingerprint density at radius 3 is 3.00 bits per heavy atom. The van der Waals surface area contributed by atoms with Crippen LogP contribution in [0.2, 0.25) is 0 Å². The van der Waals surface area contributed by atoms with Gasteiger partial charge in [-0.2, -0.15) is 0 Å².